The van der Waals surface area contributed by atoms with Crippen LogP contribution < -0.4 is 10.6 Å². The number of carbonyl (C=O) groups is 3. The summed E-state index contributed by atoms with van der Waals surface area (Å²) in [6, 6.07) is -1.67. The van der Waals surface area contributed by atoms with Crippen molar-refractivity contribution in [1.29, 1.82) is 0 Å². The first-order chi connectivity index (χ1) is 7.86. The van der Waals surface area contributed by atoms with E-state index in [0.29, 0.717) is 6.42 Å². The van der Waals surface area contributed by atoms with Gasteiger partial charge >= 0.3 is 18.0 Å². The summed E-state index contributed by atoms with van der Waals surface area (Å²) in [6.07, 6.45) is 0.320. The van der Waals surface area contributed by atoms with Crippen molar-refractivity contribution in [3.8, 4) is 0 Å². The van der Waals surface area contributed by atoms with Gasteiger partial charge in [0.1, 0.15) is 12.6 Å². The molecule has 98 valence electrons. The number of rotatable bonds is 6. The van der Waals surface area contributed by atoms with Crippen LogP contribution in [0.25, 0.3) is 0 Å². The van der Waals surface area contributed by atoms with E-state index >= 15 is 0 Å². The van der Waals surface area contributed by atoms with Gasteiger partial charge < -0.3 is 20.5 Å². The predicted octanol–water partition coefficient (Wildman–Crippen LogP) is -0.0421. The molecule has 0 aliphatic rings. The van der Waals surface area contributed by atoms with Crippen molar-refractivity contribution in [2.75, 3.05) is 13.7 Å². The molecule has 0 saturated carbocycles. The van der Waals surface area contributed by atoms with Crippen LogP contribution in [0.15, 0.2) is 0 Å². The van der Waals surface area contributed by atoms with Crippen LogP contribution in [-0.4, -0.2) is 42.8 Å². The van der Waals surface area contributed by atoms with Gasteiger partial charge in [-0.1, -0.05) is 13.8 Å². The second kappa shape index (κ2) is 7.48. The number of hydrogen-bond donors (Lipinski definition) is 3. The number of ether oxygens (including phenoxy) is 1. The highest BCUT2D eigenvalue weighted by Crippen LogP contribution is 2.04. The molecule has 0 bridgehead atoms. The molecular weight excluding hydrogens is 228 g/mol. The fourth-order valence-corrected chi connectivity index (χ4v) is 1.13. The summed E-state index contributed by atoms with van der Waals surface area (Å²) in [5.41, 5.74) is 0. The van der Waals surface area contributed by atoms with Crippen LogP contribution in [-0.2, 0) is 14.3 Å². The van der Waals surface area contributed by atoms with Gasteiger partial charge in [0.2, 0.25) is 0 Å². The summed E-state index contributed by atoms with van der Waals surface area (Å²) in [6.45, 7) is 3.41. The van der Waals surface area contributed by atoms with Crippen molar-refractivity contribution in [1.82, 2.24) is 10.6 Å². The molecule has 0 radical (unpaired) electrons. The Labute approximate surface area is 99.5 Å². The van der Waals surface area contributed by atoms with Crippen molar-refractivity contribution in [3.05, 3.63) is 0 Å². The van der Waals surface area contributed by atoms with E-state index in [0.717, 1.165) is 0 Å². The number of carboxylic acid groups (broad SMARTS) is 1. The normalized spacial score (nSPS) is 11.8. The smallest absolute Gasteiger partial charge is 0.326 e. The molecule has 2 amide bonds. The van der Waals surface area contributed by atoms with E-state index in [1.54, 1.807) is 0 Å². The first-order valence-corrected chi connectivity index (χ1v) is 5.20. The van der Waals surface area contributed by atoms with Crippen LogP contribution >= 0.6 is 0 Å². The number of methoxy groups -OCH3 is 1. The monoisotopic (exact) mass is 246 g/mol. The standard InChI is InChI=1S/C10H18N2O5/c1-6(2)4-7(9(14)15)12-10(16)11-5-8(13)17-3/h6-7H,4-5H2,1-3H3,(H,14,15)(H2,11,12,16). The average molecular weight is 246 g/mol. The molecule has 0 aromatic carbocycles. The van der Waals surface area contributed by atoms with Crippen molar-refractivity contribution < 1.29 is 24.2 Å². The summed E-state index contributed by atoms with van der Waals surface area (Å²) in [7, 11) is 1.20. The van der Waals surface area contributed by atoms with E-state index in [1.165, 1.54) is 7.11 Å². The Morgan fingerprint density at radius 2 is 1.88 bits per heavy atom. The molecule has 0 fully saturated rings. The number of urea groups is 1. The molecule has 0 aliphatic heterocycles. The van der Waals surface area contributed by atoms with Crippen LogP contribution in [0.3, 0.4) is 0 Å². The molecule has 0 heterocycles. The van der Waals surface area contributed by atoms with Gasteiger partial charge in [-0.25, -0.2) is 9.59 Å². The van der Waals surface area contributed by atoms with Crippen molar-refractivity contribution in [3.63, 3.8) is 0 Å². The molecule has 1 atom stereocenters. The van der Waals surface area contributed by atoms with Crippen LogP contribution in [0.2, 0.25) is 0 Å². The quantitative estimate of drug-likeness (QED) is 0.570. The number of carboxylic acids is 1. The summed E-state index contributed by atoms with van der Waals surface area (Å²) < 4.78 is 4.32. The maximum atomic E-state index is 11.3. The van der Waals surface area contributed by atoms with Gasteiger partial charge in [-0.15, -0.1) is 0 Å². The first kappa shape index (κ1) is 15.2. The minimum atomic E-state index is -1.10. The Balaban J connectivity index is 4.13. The Morgan fingerprint density at radius 3 is 2.29 bits per heavy atom. The minimum absolute atomic E-state index is 0.136. The lowest BCUT2D eigenvalue weighted by Gasteiger charge is -2.16. The molecule has 0 spiro atoms. The molecule has 0 aromatic heterocycles. The number of amides is 2. The van der Waals surface area contributed by atoms with Crippen LogP contribution in [0, 0.1) is 5.92 Å². The lowest BCUT2D eigenvalue weighted by Crippen LogP contribution is -2.47. The third-order valence-corrected chi connectivity index (χ3v) is 1.93. The van der Waals surface area contributed by atoms with Gasteiger partial charge in [0.05, 0.1) is 7.11 Å². The minimum Gasteiger partial charge on any atom is -0.480 e. The molecule has 3 N–H and O–H groups in total. The zero-order valence-electron chi connectivity index (χ0n) is 10.1. The summed E-state index contributed by atoms with van der Waals surface area (Å²) >= 11 is 0. The molecular formula is C10H18N2O5. The Kier molecular flexibility index (Phi) is 6.69. The predicted molar refractivity (Wildman–Crippen MR) is 59.4 cm³/mol. The fourth-order valence-electron chi connectivity index (χ4n) is 1.13. The third-order valence-electron chi connectivity index (χ3n) is 1.93. The van der Waals surface area contributed by atoms with Crippen molar-refractivity contribution in [2.24, 2.45) is 5.92 Å². The zero-order chi connectivity index (χ0) is 13.4. The highest BCUT2D eigenvalue weighted by atomic mass is 16.5. The van der Waals surface area contributed by atoms with Gasteiger partial charge in [0.25, 0.3) is 0 Å². The van der Waals surface area contributed by atoms with Crippen LogP contribution in [0.4, 0.5) is 4.79 Å². The van der Waals surface area contributed by atoms with E-state index in [2.05, 4.69) is 15.4 Å². The molecule has 1 unspecified atom stereocenters. The lowest BCUT2D eigenvalue weighted by atomic mass is 10.0. The highest BCUT2D eigenvalue weighted by molar-refractivity contribution is 5.84. The SMILES string of the molecule is COC(=O)CNC(=O)NC(CC(C)C)C(=O)O. The number of carbonyl (C=O) groups excluding carboxylic acids is 2. The summed E-state index contributed by atoms with van der Waals surface area (Å²) in [5.74, 6) is -1.57. The summed E-state index contributed by atoms with van der Waals surface area (Å²) in [4.78, 5) is 32.8. The van der Waals surface area contributed by atoms with E-state index in [1.807, 2.05) is 13.8 Å². The van der Waals surface area contributed by atoms with Crippen molar-refractivity contribution in [2.45, 2.75) is 26.3 Å². The van der Waals surface area contributed by atoms with Crippen molar-refractivity contribution >= 4 is 18.0 Å². The van der Waals surface area contributed by atoms with E-state index < -0.39 is 24.0 Å². The maximum absolute atomic E-state index is 11.3. The summed E-state index contributed by atoms with van der Waals surface area (Å²) in [5, 5.41) is 13.3. The average Bonchev–Trinajstić information content (AvgIpc) is 2.24. The molecule has 0 aliphatic carbocycles. The molecule has 0 saturated heterocycles. The number of aliphatic carboxylic acids is 1. The number of hydrogen-bond acceptors (Lipinski definition) is 4. The first-order valence-electron chi connectivity index (χ1n) is 5.20. The third kappa shape index (κ3) is 7.15. The fraction of sp³-hybridized carbons (Fsp3) is 0.700. The Morgan fingerprint density at radius 1 is 1.29 bits per heavy atom. The van der Waals surface area contributed by atoms with Gasteiger partial charge in [0.15, 0.2) is 0 Å². The Hall–Kier alpha value is -1.79. The second-order valence-corrected chi connectivity index (χ2v) is 3.92. The number of esters is 1. The van der Waals surface area contributed by atoms with E-state index in [-0.39, 0.29) is 12.5 Å². The van der Waals surface area contributed by atoms with Gasteiger partial charge in [-0.05, 0) is 12.3 Å². The highest BCUT2D eigenvalue weighted by Gasteiger charge is 2.21. The van der Waals surface area contributed by atoms with Crippen LogP contribution in [0.5, 0.6) is 0 Å². The molecule has 0 aromatic rings. The molecule has 0 rings (SSSR count). The largest absolute Gasteiger partial charge is 0.480 e. The van der Waals surface area contributed by atoms with Gasteiger partial charge in [-0.2, -0.15) is 0 Å². The molecule has 7 nitrogen and oxygen atoms in total. The number of nitrogens with one attached hydrogen (secondary N) is 2. The second-order valence-electron chi connectivity index (χ2n) is 3.92. The Bertz CT molecular complexity index is 290. The van der Waals surface area contributed by atoms with Crippen LogP contribution in [0.1, 0.15) is 20.3 Å². The molecule has 7 heteroatoms. The zero-order valence-corrected chi connectivity index (χ0v) is 10.1. The maximum Gasteiger partial charge on any atom is 0.326 e. The topological polar surface area (TPSA) is 105 Å². The van der Waals surface area contributed by atoms with Gasteiger partial charge in [0, 0.05) is 0 Å². The van der Waals surface area contributed by atoms with Gasteiger partial charge in [-0.3, -0.25) is 4.79 Å². The van der Waals surface area contributed by atoms with E-state index in [4.69, 9.17) is 5.11 Å². The van der Waals surface area contributed by atoms with E-state index in [9.17, 15) is 14.4 Å². The lowest BCUT2D eigenvalue weighted by molar-refractivity contribution is -0.139. The molecule has 17 heavy (non-hydrogen) atoms.